The molecule has 7 heteroatoms. The largest absolute Gasteiger partial charge is 0.494 e. The van der Waals surface area contributed by atoms with E-state index in [9.17, 15) is 14.4 Å². The van der Waals surface area contributed by atoms with Gasteiger partial charge in [-0.2, -0.15) is 0 Å². The summed E-state index contributed by atoms with van der Waals surface area (Å²) < 4.78 is 5.66. The molecule has 2 fully saturated rings. The summed E-state index contributed by atoms with van der Waals surface area (Å²) in [5, 5.41) is 0. The molecule has 31 heavy (non-hydrogen) atoms. The minimum atomic E-state index is -0.274. The number of nitrogens with zero attached hydrogens (tertiary/aromatic N) is 3. The van der Waals surface area contributed by atoms with Crippen LogP contribution >= 0.6 is 0 Å². The van der Waals surface area contributed by atoms with Crippen molar-refractivity contribution in [3.63, 3.8) is 0 Å². The first-order chi connectivity index (χ1) is 14.8. The van der Waals surface area contributed by atoms with Crippen molar-refractivity contribution in [2.24, 2.45) is 5.92 Å². The van der Waals surface area contributed by atoms with Crippen LogP contribution in [0.5, 0.6) is 5.75 Å². The van der Waals surface area contributed by atoms with E-state index in [1.54, 1.807) is 4.90 Å². The Bertz CT molecular complexity index is 775. The molecule has 1 aromatic carbocycles. The molecule has 3 rings (SSSR count). The zero-order valence-electron chi connectivity index (χ0n) is 19.0. The zero-order chi connectivity index (χ0) is 22.4. The van der Waals surface area contributed by atoms with E-state index in [1.807, 2.05) is 60.9 Å². The fourth-order valence-corrected chi connectivity index (χ4v) is 4.25. The fourth-order valence-electron chi connectivity index (χ4n) is 4.25. The minimum Gasteiger partial charge on any atom is -0.494 e. The Balaban J connectivity index is 1.43. The van der Waals surface area contributed by atoms with Crippen molar-refractivity contribution in [1.29, 1.82) is 0 Å². The van der Waals surface area contributed by atoms with Crippen molar-refractivity contribution in [3.8, 4) is 5.75 Å². The highest BCUT2D eigenvalue weighted by atomic mass is 16.5. The predicted octanol–water partition coefficient (Wildman–Crippen LogP) is 2.55. The van der Waals surface area contributed by atoms with Gasteiger partial charge < -0.3 is 19.4 Å². The maximum absolute atomic E-state index is 13.0. The molecule has 0 aliphatic carbocycles. The lowest BCUT2D eigenvalue weighted by molar-refractivity contribution is -0.136. The van der Waals surface area contributed by atoms with Gasteiger partial charge in [-0.15, -0.1) is 0 Å². The third-order valence-electron chi connectivity index (χ3n) is 5.99. The first-order valence-electron chi connectivity index (χ1n) is 11.3. The van der Waals surface area contributed by atoms with Crippen molar-refractivity contribution in [2.75, 3.05) is 39.3 Å². The van der Waals surface area contributed by atoms with Crippen LogP contribution in [-0.4, -0.2) is 77.3 Å². The molecular weight excluding hydrogens is 394 g/mol. The molecule has 1 unspecified atom stereocenters. The van der Waals surface area contributed by atoms with Gasteiger partial charge in [-0.1, -0.05) is 18.2 Å². The molecule has 2 saturated heterocycles. The number of benzene rings is 1. The number of likely N-dealkylation sites (tertiary alicyclic amines) is 1. The first kappa shape index (κ1) is 23.1. The average Bonchev–Trinajstić information content (AvgIpc) is 2.97. The van der Waals surface area contributed by atoms with Gasteiger partial charge in [0.1, 0.15) is 5.75 Å². The van der Waals surface area contributed by atoms with Crippen LogP contribution in [0.15, 0.2) is 30.3 Å². The lowest BCUT2D eigenvalue weighted by Crippen LogP contribution is -2.44. The molecular formula is C24H35N3O4. The van der Waals surface area contributed by atoms with Crippen molar-refractivity contribution >= 4 is 17.7 Å². The van der Waals surface area contributed by atoms with Crippen LogP contribution in [0.2, 0.25) is 0 Å². The number of carbonyl (C=O) groups is 3. The molecule has 0 spiro atoms. The molecule has 1 atom stereocenters. The average molecular weight is 430 g/mol. The number of para-hydroxylation sites is 1. The highest BCUT2D eigenvalue weighted by Crippen LogP contribution is 2.27. The fraction of sp³-hybridized carbons (Fsp3) is 0.625. The van der Waals surface area contributed by atoms with Crippen molar-refractivity contribution in [2.45, 2.75) is 52.0 Å². The van der Waals surface area contributed by atoms with Gasteiger partial charge in [0, 0.05) is 51.1 Å². The van der Waals surface area contributed by atoms with Gasteiger partial charge in [0.2, 0.25) is 17.7 Å². The normalized spacial score (nSPS) is 20.0. The number of hydrogen-bond donors (Lipinski definition) is 0. The smallest absolute Gasteiger partial charge is 0.228 e. The number of hydrogen-bond acceptors (Lipinski definition) is 4. The Morgan fingerprint density at radius 1 is 1.03 bits per heavy atom. The monoisotopic (exact) mass is 429 g/mol. The first-order valence-corrected chi connectivity index (χ1v) is 11.3. The Morgan fingerprint density at radius 3 is 2.39 bits per heavy atom. The molecule has 1 aromatic rings. The van der Waals surface area contributed by atoms with E-state index in [0.717, 1.165) is 12.2 Å². The van der Waals surface area contributed by atoms with Gasteiger partial charge in [-0.25, -0.2) is 0 Å². The Hall–Kier alpha value is -2.57. The lowest BCUT2D eigenvalue weighted by atomic mass is 10.1. The van der Waals surface area contributed by atoms with E-state index in [4.69, 9.17) is 4.74 Å². The molecule has 170 valence electrons. The van der Waals surface area contributed by atoms with E-state index in [1.165, 1.54) is 0 Å². The molecule has 2 aliphatic rings. The molecule has 0 aromatic heterocycles. The van der Waals surface area contributed by atoms with Crippen LogP contribution in [0.25, 0.3) is 0 Å². The van der Waals surface area contributed by atoms with Gasteiger partial charge in [0.25, 0.3) is 0 Å². The second-order valence-electron chi connectivity index (χ2n) is 9.40. The van der Waals surface area contributed by atoms with E-state index in [-0.39, 0.29) is 35.6 Å². The number of ether oxygens (including phenoxy) is 1. The summed E-state index contributed by atoms with van der Waals surface area (Å²) in [6.07, 6.45) is 2.16. The van der Waals surface area contributed by atoms with Gasteiger partial charge in [-0.3, -0.25) is 14.4 Å². The van der Waals surface area contributed by atoms with Gasteiger partial charge >= 0.3 is 0 Å². The van der Waals surface area contributed by atoms with Crippen molar-refractivity contribution in [1.82, 2.24) is 14.7 Å². The van der Waals surface area contributed by atoms with Crippen LogP contribution < -0.4 is 4.74 Å². The molecule has 7 nitrogen and oxygen atoms in total. The molecule has 0 bridgehead atoms. The SMILES string of the molecule is CC(C)(C)N1CC(C(=O)N2CCCN(C(=O)CCCOc3ccccc3)CC2)CC1=O. The molecule has 0 radical (unpaired) electrons. The Labute approximate surface area is 185 Å². The third-order valence-corrected chi connectivity index (χ3v) is 5.99. The summed E-state index contributed by atoms with van der Waals surface area (Å²) >= 11 is 0. The summed E-state index contributed by atoms with van der Waals surface area (Å²) in [6, 6.07) is 9.59. The van der Waals surface area contributed by atoms with Crippen LogP contribution in [-0.2, 0) is 14.4 Å². The van der Waals surface area contributed by atoms with E-state index >= 15 is 0 Å². The molecule has 2 aliphatic heterocycles. The van der Waals surface area contributed by atoms with Crippen LogP contribution in [0.1, 0.15) is 46.5 Å². The number of rotatable bonds is 6. The topological polar surface area (TPSA) is 70.2 Å². The summed E-state index contributed by atoms with van der Waals surface area (Å²) in [7, 11) is 0. The second kappa shape index (κ2) is 10.2. The van der Waals surface area contributed by atoms with E-state index in [0.29, 0.717) is 52.2 Å². The zero-order valence-corrected chi connectivity index (χ0v) is 19.0. The standard InChI is InChI=1S/C24H35N3O4/c1-24(2,3)27-18-19(17-22(27)29)23(30)26-13-8-12-25(14-15-26)21(28)11-7-16-31-20-9-5-4-6-10-20/h4-6,9-10,19H,7-8,11-18H2,1-3H3. The van der Waals surface area contributed by atoms with Crippen molar-refractivity contribution < 1.29 is 19.1 Å². The van der Waals surface area contributed by atoms with E-state index in [2.05, 4.69) is 0 Å². The summed E-state index contributed by atoms with van der Waals surface area (Å²) in [5.74, 6) is 0.750. The second-order valence-corrected chi connectivity index (χ2v) is 9.40. The quantitative estimate of drug-likeness (QED) is 0.652. The number of amides is 3. The number of carbonyl (C=O) groups excluding carboxylic acids is 3. The van der Waals surface area contributed by atoms with Gasteiger partial charge in [0.15, 0.2) is 0 Å². The van der Waals surface area contributed by atoms with Crippen molar-refractivity contribution in [3.05, 3.63) is 30.3 Å². The van der Waals surface area contributed by atoms with Gasteiger partial charge in [0.05, 0.1) is 12.5 Å². The summed E-state index contributed by atoms with van der Waals surface area (Å²) in [4.78, 5) is 43.5. The highest BCUT2D eigenvalue weighted by molar-refractivity contribution is 5.89. The van der Waals surface area contributed by atoms with E-state index < -0.39 is 0 Å². The minimum absolute atomic E-state index is 0.0469. The Morgan fingerprint density at radius 2 is 1.71 bits per heavy atom. The van der Waals surface area contributed by atoms with Crippen LogP contribution in [0.4, 0.5) is 0 Å². The maximum Gasteiger partial charge on any atom is 0.228 e. The lowest BCUT2D eigenvalue weighted by Gasteiger charge is -2.32. The molecule has 0 N–H and O–H groups in total. The van der Waals surface area contributed by atoms with Crippen LogP contribution in [0.3, 0.4) is 0 Å². The molecule has 0 saturated carbocycles. The van der Waals surface area contributed by atoms with Gasteiger partial charge in [-0.05, 0) is 45.7 Å². The summed E-state index contributed by atoms with van der Waals surface area (Å²) in [5.41, 5.74) is -0.266. The Kier molecular flexibility index (Phi) is 7.57. The molecule has 3 amide bonds. The highest BCUT2D eigenvalue weighted by Gasteiger charge is 2.41. The maximum atomic E-state index is 13.0. The predicted molar refractivity (Wildman–Crippen MR) is 119 cm³/mol. The molecule has 2 heterocycles. The third kappa shape index (κ3) is 6.21. The summed E-state index contributed by atoms with van der Waals surface area (Å²) in [6.45, 7) is 9.38. The van der Waals surface area contributed by atoms with Crippen LogP contribution in [0, 0.1) is 5.92 Å².